The molecule has 0 saturated carbocycles. The van der Waals surface area contributed by atoms with Crippen LogP contribution in [0, 0.1) is 0 Å². The molecule has 0 unspecified atom stereocenters. The fraction of sp³-hybridized carbons (Fsp3) is 0.136. The largest absolute Gasteiger partial charge is 0.497 e. The molecule has 3 rings (SSSR count). The van der Waals surface area contributed by atoms with Crippen molar-refractivity contribution in [1.82, 2.24) is 4.90 Å². The van der Waals surface area contributed by atoms with Crippen molar-refractivity contribution in [2.24, 2.45) is 0 Å². The zero-order chi connectivity index (χ0) is 18.4. The van der Waals surface area contributed by atoms with Crippen LogP contribution >= 0.6 is 0 Å². The van der Waals surface area contributed by atoms with E-state index in [-0.39, 0.29) is 5.91 Å². The van der Waals surface area contributed by atoms with E-state index in [0.29, 0.717) is 17.9 Å². The van der Waals surface area contributed by atoms with Crippen LogP contribution in [-0.2, 0) is 6.54 Å². The maximum atomic E-state index is 12.6. The predicted molar refractivity (Wildman–Crippen MR) is 102 cm³/mol. The van der Waals surface area contributed by atoms with Crippen molar-refractivity contribution < 1.29 is 14.3 Å². The molecule has 0 bridgehead atoms. The minimum absolute atomic E-state index is 0.0351. The van der Waals surface area contributed by atoms with E-state index in [0.717, 1.165) is 17.1 Å². The minimum Gasteiger partial charge on any atom is -0.497 e. The van der Waals surface area contributed by atoms with Gasteiger partial charge >= 0.3 is 0 Å². The molecule has 26 heavy (non-hydrogen) atoms. The van der Waals surface area contributed by atoms with Gasteiger partial charge in [0, 0.05) is 19.2 Å². The van der Waals surface area contributed by atoms with E-state index in [9.17, 15) is 4.79 Å². The molecule has 1 amide bonds. The van der Waals surface area contributed by atoms with Crippen molar-refractivity contribution in [3.63, 3.8) is 0 Å². The van der Waals surface area contributed by atoms with Gasteiger partial charge in [0.15, 0.2) is 0 Å². The lowest BCUT2D eigenvalue weighted by Gasteiger charge is -2.18. The number of hydrogen-bond acceptors (Lipinski definition) is 3. The predicted octanol–water partition coefficient (Wildman–Crippen LogP) is 4.76. The zero-order valence-corrected chi connectivity index (χ0v) is 14.9. The summed E-state index contributed by atoms with van der Waals surface area (Å²) in [6.07, 6.45) is 0. The Morgan fingerprint density at radius 3 is 2.00 bits per heavy atom. The van der Waals surface area contributed by atoms with Crippen LogP contribution in [0.25, 0.3) is 0 Å². The maximum absolute atomic E-state index is 12.6. The number of benzene rings is 3. The van der Waals surface area contributed by atoms with Gasteiger partial charge in [-0.2, -0.15) is 0 Å². The summed E-state index contributed by atoms with van der Waals surface area (Å²) in [6, 6.07) is 24.4. The molecule has 0 aliphatic rings. The SMILES string of the molecule is COc1ccc(CN(C)C(=O)c2ccc(Oc3ccccc3)cc2)cc1. The second-order valence-electron chi connectivity index (χ2n) is 5.95. The number of rotatable bonds is 6. The topological polar surface area (TPSA) is 38.8 Å². The van der Waals surface area contributed by atoms with Crippen molar-refractivity contribution in [1.29, 1.82) is 0 Å². The van der Waals surface area contributed by atoms with Gasteiger partial charge in [-0.3, -0.25) is 4.79 Å². The number of nitrogens with zero attached hydrogens (tertiary/aromatic N) is 1. The highest BCUT2D eigenvalue weighted by atomic mass is 16.5. The Kier molecular flexibility index (Phi) is 5.54. The summed E-state index contributed by atoms with van der Waals surface area (Å²) in [4.78, 5) is 14.3. The van der Waals surface area contributed by atoms with Gasteiger partial charge in [-0.15, -0.1) is 0 Å². The molecule has 0 spiro atoms. The smallest absolute Gasteiger partial charge is 0.253 e. The Labute approximate surface area is 153 Å². The van der Waals surface area contributed by atoms with Crippen LogP contribution in [0.1, 0.15) is 15.9 Å². The average molecular weight is 347 g/mol. The van der Waals surface area contributed by atoms with Gasteiger partial charge in [-0.1, -0.05) is 30.3 Å². The third-order valence-electron chi connectivity index (χ3n) is 4.01. The van der Waals surface area contributed by atoms with Gasteiger partial charge in [0.2, 0.25) is 0 Å². The molecule has 4 nitrogen and oxygen atoms in total. The molecule has 0 aromatic heterocycles. The molecule has 0 aliphatic heterocycles. The molecular weight excluding hydrogens is 326 g/mol. The van der Waals surface area contributed by atoms with Crippen LogP contribution in [0.15, 0.2) is 78.9 Å². The van der Waals surface area contributed by atoms with E-state index in [4.69, 9.17) is 9.47 Å². The Morgan fingerprint density at radius 1 is 0.808 bits per heavy atom. The molecular formula is C22H21NO3. The van der Waals surface area contributed by atoms with Crippen LogP contribution in [0.4, 0.5) is 0 Å². The zero-order valence-electron chi connectivity index (χ0n) is 14.9. The Hall–Kier alpha value is -3.27. The molecule has 0 heterocycles. The van der Waals surface area contributed by atoms with Crippen LogP contribution in [0.5, 0.6) is 17.2 Å². The molecule has 0 aliphatic carbocycles. The van der Waals surface area contributed by atoms with Crippen molar-refractivity contribution in [3.8, 4) is 17.2 Å². The Balaban J connectivity index is 1.63. The Morgan fingerprint density at radius 2 is 1.38 bits per heavy atom. The molecule has 3 aromatic carbocycles. The lowest BCUT2D eigenvalue weighted by Crippen LogP contribution is -2.26. The van der Waals surface area contributed by atoms with Gasteiger partial charge in [0.25, 0.3) is 5.91 Å². The number of methoxy groups -OCH3 is 1. The summed E-state index contributed by atoms with van der Waals surface area (Å²) in [6.45, 7) is 0.533. The number of ether oxygens (including phenoxy) is 2. The van der Waals surface area contributed by atoms with Gasteiger partial charge in [-0.05, 0) is 54.1 Å². The average Bonchev–Trinajstić information content (AvgIpc) is 2.69. The van der Waals surface area contributed by atoms with Gasteiger partial charge < -0.3 is 14.4 Å². The molecule has 0 N–H and O–H groups in total. The first-order valence-electron chi connectivity index (χ1n) is 8.37. The van der Waals surface area contributed by atoms with Crippen molar-refractivity contribution >= 4 is 5.91 Å². The number of amides is 1. The molecule has 3 aromatic rings. The number of hydrogen-bond donors (Lipinski definition) is 0. The van der Waals surface area contributed by atoms with E-state index in [1.54, 1.807) is 43.3 Å². The first-order chi connectivity index (χ1) is 12.7. The van der Waals surface area contributed by atoms with Crippen LogP contribution < -0.4 is 9.47 Å². The first kappa shape index (κ1) is 17.5. The van der Waals surface area contributed by atoms with E-state index in [2.05, 4.69) is 0 Å². The summed E-state index contributed by atoms with van der Waals surface area (Å²) in [5, 5.41) is 0. The lowest BCUT2D eigenvalue weighted by molar-refractivity contribution is 0.0785. The van der Waals surface area contributed by atoms with Crippen molar-refractivity contribution in [3.05, 3.63) is 90.0 Å². The van der Waals surface area contributed by atoms with Gasteiger partial charge in [0.1, 0.15) is 17.2 Å². The first-order valence-corrected chi connectivity index (χ1v) is 8.37. The third-order valence-corrected chi connectivity index (χ3v) is 4.01. The second-order valence-corrected chi connectivity index (χ2v) is 5.95. The molecule has 0 saturated heterocycles. The van der Waals surface area contributed by atoms with E-state index in [1.807, 2.05) is 54.6 Å². The highest BCUT2D eigenvalue weighted by Crippen LogP contribution is 2.22. The molecule has 132 valence electrons. The maximum Gasteiger partial charge on any atom is 0.253 e. The van der Waals surface area contributed by atoms with E-state index < -0.39 is 0 Å². The Bertz CT molecular complexity index is 843. The number of carbonyl (C=O) groups is 1. The third kappa shape index (κ3) is 4.42. The fourth-order valence-electron chi connectivity index (χ4n) is 2.59. The quantitative estimate of drug-likeness (QED) is 0.645. The number of para-hydroxylation sites is 1. The van der Waals surface area contributed by atoms with Crippen LogP contribution in [0.3, 0.4) is 0 Å². The van der Waals surface area contributed by atoms with Gasteiger partial charge in [-0.25, -0.2) is 0 Å². The summed E-state index contributed by atoms with van der Waals surface area (Å²) in [5.74, 6) is 2.23. The monoisotopic (exact) mass is 347 g/mol. The molecule has 0 atom stereocenters. The second kappa shape index (κ2) is 8.21. The summed E-state index contributed by atoms with van der Waals surface area (Å²) in [5.41, 5.74) is 1.67. The van der Waals surface area contributed by atoms with E-state index in [1.165, 1.54) is 0 Å². The van der Waals surface area contributed by atoms with Crippen LogP contribution in [-0.4, -0.2) is 25.0 Å². The summed E-state index contributed by atoms with van der Waals surface area (Å²) < 4.78 is 10.9. The fourth-order valence-corrected chi connectivity index (χ4v) is 2.59. The number of carbonyl (C=O) groups excluding carboxylic acids is 1. The standard InChI is InChI=1S/C22H21NO3/c1-23(16-17-8-12-19(25-2)13-9-17)22(24)18-10-14-21(15-11-18)26-20-6-4-3-5-7-20/h3-15H,16H2,1-2H3. The molecule has 4 heteroatoms. The van der Waals surface area contributed by atoms with Crippen molar-refractivity contribution in [2.75, 3.05) is 14.2 Å². The van der Waals surface area contributed by atoms with Gasteiger partial charge in [0.05, 0.1) is 7.11 Å². The highest BCUT2D eigenvalue weighted by Gasteiger charge is 2.12. The summed E-state index contributed by atoms with van der Waals surface area (Å²) >= 11 is 0. The normalized spacial score (nSPS) is 10.2. The molecule has 0 fully saturated rings. The highest BCUT2D eigenvalue weighted by molar-refractivity contribution is 5.94. The lowest BCUT2D eigenvalue weighted by atomic mass is 10.1. The minimum atomic E-state index is -0.0351. The summed E-state index contributed by atoms with van der Waals surface area (Å²) in [7, 11) is 3.43. The molecule has 0 radical (unpaired) electrons. The van der Waals surface area contributed by atoms with Crippen LogP contribution in [0.2, 0.25) is 0 Å². The van der Waals surface area contributed by atoms with E-state index >= 15 is 0 Å². The van der Waals surface area contributed by atoms with Crippen molar-refractivity contribution in [2.45, 2.75) is 6.54 Å².